The normalized spacial score (nSPS) is 40.9. The molecule has 1 spiro atoms. The highest BCUT2D eigenvalue weighted by atomic mass is 16.7. The first-order valence-electron chi connectivity index (χ1n) is 9.32. The van der Waals surface area contributed by atoms with E-state index in [-0.39, 0.29) is 24.7 Å². The summed E-state index contributed by atoms with van der Waals surface area (Å²) in [5.74, 6) is -3.52. The van der Waals surface area contributed by atoms with Crippen molar-refractivity contribution in [2.24, 2.45) is 0 Å². The number of aliphatic hydroxyl groups is 2. The third-order valence-corrected chi connectivity index (χ3v) is 5.57. The third-order valence-electron chi connectivity index (χ3n) is 5.57. The van der Waals surface area contributed by atoms with E-state index in [2.05, 4.69) is 0 Å². The summed E-state index contributed by atoms with van der Waals surface area (Å²) in [6, 6.07) is 0. The molecule has 0 saturated carbocycles. The lowest BCUT2D eigenvalue weighted by Crippen LogP contribution is -2.66. The number of aliphatic hydroxyl groups excluding tert-OH is 1. The Balaban J connectivity index is 2.11. The predicted octanol–water partition coefficient (Wildman–Crippen LogP) is 0.156. The van der Waals surface area contributed by atoms with Crippen molar-refractivity contribution in [1.29, 1.82) is 0 Å². The van der Waals surface area contributed by atoms with Gasteiger partial charge in [0.25, 0.3) is 0 Å². The van der Waals surface area contributed by atoms with Crippen molar-refractivity contribution in [3.05, 3.63) is 11.1 Å². The highest BCUT2D eigenvalue weighted by Crippen LogP contribution is 2.46. The summed E-state index contributed by atoms with van der Waals surface area (Å²) < 4.78 is 22.9. The van der Waals surface area contributed by atoms with Crippen molar-refractivity contribution in [2.75, 3.05) is 6.61 Å². The van der Waals surface area contributed by atoms with Gasteiger partial charge in [-0.2, -0.15) is 0 Å². The Labute approximate surface area is 162 Å². The molecule has 0 aromatic rings. The molecule has 28 heavy (non-hydrogen) atoms. The Morgan fingerprint density at radius 3 is 2.43 bits per heavy atom. The summed E-state index contributed by atoms with van der Waals surface area (Å²) in [7, 11) is 0. The summed E-state index contributed by atoms with van der Waals surface area (Å²) in [6.45, 7) is 5.28. The predicted molar refractivity (Wildman–Crippen MR) is 92.9 cm³/mol. The van der Waals surface area contributed by atoms with Crippen LogP contribution in [0, 0.1) is 0 Å². The standard InChI is InChI=1S/C19H26O9/c1-9-5-6-15(26-10(2)20)19(28-9)17(27-11(3)21)12-7-14(22)18(4,24)16(23)13(12)8-25-19/h9,14-15,17,22,24H,5-8H2,1-4H3/t9-,14-,15-,17-,18+,19-/m0/s1. The minimum Gasteiger partial charge on any atom is -0.457 e. The van der Waals surface area contributed by atoms with Gasteiger partial charge in [-0.15, -0.1) is 0 Å². The molecule has 1 fully saturated rings. The van der Waals surface area contributed by atoms with Crippen LogP contribution >= 0.6 is 0 Å². The molecule has 9 heteroatoms. The quantitative estimate of drug-likeness (QED) is 0.625. The molecule has 0 aromatic carbocycles. The number of ketones is 1. The summed E-state index contributed by atoms with van der Waals surface area (Å²) in [5.41, 5.74) is -1.52. The fourth-order valence-corrected chi connectivity index (χ4v) is 4.11. The zero-order valence-corrected chi connectivity index (χ0v) is 16.4. The summed E-state index contributed by atoms with van der Waals surface area (Å²) in [6.07, 6.45) is -2.83. The minimum absolute atomic E-state index is 0.109. The van der Waals surface area contributed by atoms with E-state index in [0.29, 0.717) is 18.4 Å². The molecule has 2 aliphatic heterocycles. The minimum atomic E-state index is -1.97. The average molecular weight is 398 g/mol. The zero-order valence-electron chi connectivity index (χ0n) is 16.4. The lowest BCUT2D eigenvalue weighted by Gasteiger charge is -2.52. The third kappa shape index (κ3) is 3.36. The lowest BCUT2D eigenvalue weighted by molar-refractivity contribution is -0.351. The molecule has 2 N–H and O–H groups in total. The molecule has 0 bridgehead atoms. The number of esters is 2. The van der Waals surface area contributed by atoms with Crippen LogP contribution in [0.4, 0.5) is 0 Å². The fourth-order valence-electron chi connectivity index (χ4n) is 4.11. The van der Waals surface area contributed by atoms with Gasteiger partial charge in [-0.3, -0.25) is 14.4 Å². The van der Waals surface area contributed by atoms with Gasteiger partial charge in [0.05, 0.1) is 18.8 Å². The van der Waals surface area contributed by atoms with Crippen molar-refractivity contribution in [3.8, 4) is 0 Å². The second kappa shape index (κ2) is 7.22. The number of carbonyl (C=O) groups is 3. The largest absolute Gasteiger partial charge is 0.457 e. The van der Waals surface area contributed by atoms with Gasteiger partial charge in [-0.25, -0.2) is 0 Å². The molecule has 1 saturated heterocycles. The Kier molecular flexibility index (Phi) is 5.39. The van der Waals surface area contributed by atoms with Crippen LogP contribution in [0.15, 0.2) is 11.1 Å². The van der Waals surface area contributed by atoms with Crippen LogP contribution in [0.5, 0.6) is 0 Å². The molecule has 6 atom stereocenters. The van der Waals surface area contributed by atoms with Gasteiger partial charge in [0.1, 0.15) is 0 Å². The van der Waals surface area contributed by atoms with Crippen LogP contribution in [-0.2, 0) is 33.3 Å². The summed E-state index contributed by atoms with van der Waals surface area (Å²) >= 11 is 0. The van der Waals surface area contributed by atoms with Gasteiger partial charge >= 0.3 is 11.9 Å². The maximum absolute atomic E-state index is 12.7. The van der Waals surface area contributed by atoms with E-state index in [1.807, 2.05) is 6.92 Å². The van der Waals surface area contributed by atoms with Crippen molar-refractivity contribution in [3.63, 3.8) is 0 Å². The summed E-state index contributed by atoms with van der Waals surface area (Å²) in [4.78, 5) is 36.2. The van der Waals surface area contributed by atoms with E-state index in [4.69, 9.17) is 18.9 Å². The SMILES string of the molecule is CC(=O)O[C@H]1CC[C@H](C)O[C@@]12OCC1=C(C[C@H](O)[C@@](C)(O)C1=O)[C@@H]2OC(C)=O. The van der Waals surface area contributed by atoms with Crippen molar-refractivity contribution in [1.82, 2.24) is 0 Å². The molecule has 0 radical (unpaired) electrons. The second-order valence-electron chi connectivity index (χ2n) is 7.80. The van der Waals surface area contributed by atoms with E-state index in [1.165, 1.54) is 20.8 Å². The van der Waals surface area contributed by atoms with Gasteiger partial charge in [-0.1, -0.05) is 0 Å². The molecular formula is C19H26O9. The molecular weight excluding hydrogens is 372 g/mol. The van der Waals surface area contributed by atoms with Crippen LogP contribution in [0.1, 0.15) is 47.0 Å². The van der Waals surface area contributed by atoms with Crippen LogP contribution in [-0.4, -0.2) is 70.3 Å². The smallest absolute Gasteiger partial charge is 0.303 e. The molecule has 0 aromatic heterocycles. The van der Waals surface area contributed by atoms with E-state index >= 15 is 0 Å². The Morgan fingerprint density at radius 2 is 1.82 bits per heavy atom. The Morgan fingerprint density at radius 1 is 1.18 bits per heavy atom. The molecule has 3 rings (SSSR count). The van der Waals surface area contributed by atoms with Crippen molar-refractivity contribution >= 4 is 17.7 Å². The maximum atomic E-state index is 12.7. The highest BCUT2D eigenvalue weighted by Gasteiger charge is 2.61. The van der Waals surface area contributed by atoms with Gasteiger partial charge < -0.3 is 29.2 Å². The molecule has 1 aliphatic carbocycles. The first kappa shape index (κ1) is 20.9. The highest BCUT2D eigenvalue weighted by molar-refractivity contribution is 6.04. The fraction of sp³-hybridized carbons (Fsp3) is 0.737. The van der Waals surface area contributed by atoms with E-state index in [1.54, 1.807) is 0 Å². The van der Waals surface area contributed by atoms with E-state index in [9.17, 15) is 24.6 Å². The number of ether oxygens (including phenoxy) is 4. The monoisotopic (exact) mass is 398 g/mol. The molecule has 2 heterocycles. The molecule has 9 nitrogen and oxygen atoms in total. The first-order chi connectivity index (χ1) is 13.0. The zero-order chi connectivity index (χ0) is 20.9. The number of hydrogen-bond acceptors (Lipinski definition) is 9. The topological polar surface area (TPSA) is 129 Å². The molecule has 156 valence electrons. The van der Waals surface area contributed by atoms with Crippen molar-refractivity contribution in [2.45, 2.75) is 82.8 Å². The number of hydrogen-bond donors (Lipinski definition) is 2. The Hall–Kier alpha value is -1.81. The lowest BCUT2D eigenvalue weighted by atomic mass is 9.73. The van der Waals surface area contributed by atoms with Gasteiger partial charge in [0.15, 0.2) is 23.6 Å². The number of rotatable bonds is 2. The second-order valence-corrected chi connectivity index (χ2v) is 7.80. The number of carbonyl (C=O) groups excluding carboxylic acids is 3. The van der Waals surface area contributed by atoms with Crippen LogP contribution in [0.2, 0.25) is 0 Å². The molecule has 0 unspecified atom stereocenters. The van der Waals surface area contributed by atoms with Crippen LogP contribution in [0.3, 0.4) is 0 Å². The van der Waals surface area contributed by atoms with Crippen LogP contribution < -0.4 is 0 Å². The molecule has 3 aliphatic rings. The molecule has 0 amide bonds. The van der Waals surface area contributed by atoms with Gasteiger partial charge in [-0.05, 0) is 32.3 Å². The Bertz CT molecular complexity index is 725. The van der Waals surface area contributed by atoms with Crippen LogP contribution in [0.25, 0.3) is 0 Å². The first-order valence-corrected chi connectivity index (χ1v) is 9.32. The van der Waals surface area contributed by atoms with Gasteiger partial charge in [0, 0.05) is 25.8 Å². The van der Waals surface area contributed by atoms with Crippen molar-refractivity contribution < 1.29 is 43.5 Å². The van der Waals surface area contributed by atoms with E-state index < -0.39 is 47.4 Å². The summed E-state index contributed by atoms with van der Waals surface area (Å²) in [5, 5.41) is 20.7. The van der Waals surface area contributed by atoms with E-state index in [0.717, 1.165) is 0 Å². The number of Topliss-reactive ketones (excluding diaryl/α,β-unsaturated/α-hetero) is 1. The van der Waals surface area contributed by atoms with Gasteiger partial charge in [0.2, 0.25) is 5.79 Å². The maximum Gasteiger partial charge on any atom is 0.303 e. The average Bonchev–Trinajstić information content (AvgIpc) is 2.58.